The second-order valence-electron chi connectivity index (χ2n) is 5.41. The predicted octanol–water partition coefficient (Wildman–Crippen LogP) is 4.74. The third kappa shape index (κ3) is 3.22. The molecular weight excluding hydrogens is 354 g/mol. The minimum atomic E-state index is -0.654. The molecular formula is C19H16BrNO2. The van der Waals surface area contributed by atoms with Gasteiger partial charge in [0.1, 0.15) is 0 Å². The Morgan fingerprint density at radius 1 is 0.913 bits per heavy atom. The average Bonchev–Trinajstić information content (AvgIpc) is 3.03. The molecule has 0 saturated heterocycles. The standard InChI is InChI=1S/C19H16BrNO2/c1-19(14-8-4-2-5-9-14,15-10-6-3-7-11-15)21-18(22)16-12-13-17(20)23-16/h2-13H,1H3,(H,21,22). The number of benzene rings is 2. The summed E-state index contributed by atoms with van der Waals surface area (Å²) in [4.78, 5) is 12.6. The molecule has 0 bridgehead atoms. The molecule has 116 valence electrons. The molecule has 3 aromatic rings. The molecule has 1 heterocycles. The first kappa shape index (κ1) is 15.6. The lowest BCUT2D eigenvalue weighted by molar-refractivity contribution is 0.0889. The Labute approximate surface area is 143 Å². The van der Waals surface area contributed by atoms with E-state index in [0.29, 0.717) is 4.67 Å². The fourth-order valence-electron chi connectivity index (χ4n) is 2.58. The number of furan rings is 1. The van der Waals surface area contributed by atoms with Gasteiger partial charge in [-0.25, -0.2) is 0 Å². The molecule has 0 aliphatic carbocycles. The van der Waals surface area contributed by atoms with Crippen molar-refractivity contribution < 1.29 is 9.21 Å². The molecule has 0 saturated carbocycles. The molecule has 0 aliphatic rings. The van der Waals surface area contributed by atoms with Crippen LogP contribution in [0.15, 0.2) is 81.9 Å². The minimum absolute atomic E-state index is 0.258. The Kier molecular flexibility index (Phi) is 4.35. The van der Waals surface area contributed by atoms with E-state index in [4.69, 9.17) is 4.42 Å². The summed E-state index contributed by atoms with van der Waals surface area (Å²) in [6.07, 6.45) is 0. The molecule has 1 aromatic heterocycles. The van der Waals surface area contributed by atoms with Gasteiger partial charge in [-0.05, 0) is 46.1 Å². The molecule has 0 unspecified atom stereocenters. The van der Waals surface area contributed by atoms with Gasteiger partial charge in [-0.1, -0.05) is 60.7 Å². The van der Waals surface area contributed by atoms with Crippen molar-refractivity contribution in [3.05, 3.63) is 94.4 Å². The van der Waals surface area contributed by atoms with Crippen LogP contribution in [0.5, 0.6) is 0 Å². The second kappa shape index (κ2) is 6.42. The van der Waals surface area contributed by atoms with Gasteiger partial charge in [-0.2, -0.15) is 0 Å². The van der Waals surface area contributed by atoms with Crippen molar-refractivity contribution in [1.82, 2.24) is 5.32 Å². The fraction of sp³-hybridized carbons (Fsp3) is 0.105. The maximum Gasteiger partial charge on any atom is 0.287 e. The van der Waals surface area contributed by atoms with Crippen LogP contribution in [0.2, 0.25) is 0 Å². The van der Waals surface area contributed by atoms with Crippen LogP contribution >= 0.6 is 15.9 Å². The summed E-state index contributed by atoms with van der Waals surface area (Å²) in [6, 6.07) is 23.2. The summed E-state index contributed by atoms with van der Waals surface area (Å²) in [5.41, 5.74) is 1.36. The molecule has 4 heteroatoms. The quantitative estimate of drug-likeness (QED) is 0.721. The van der Waals surface area contributed by atoms with E-state index in [1.54, 1.807) is 12.1 Å². The first-order valence-corrected chi connectivity index (χ1v) is 8.08. The van der Waals surface area contributed by atoms with Gasteiger partial charge in [0.2, 0.25) is 0 Å². The summed E-state index contributed by atoms with van der Waals surface area (Å²) < 4.78 is 5.90. The Bertz CT molecular complexity index is 757. The van der Waals surface area contributed by atoms with Crippen LogP contribution in [-0.4, -0.2) is 5.91 Å². The summed E-state index contributed by atoms with van der Waals surface area (Å²) in [5.74, 6) is 0.0147. The Balaban J connectivity index is 2.01. The third-order valence-corrected chi connectivity index (χ3v) is 4.29. The van der Waals surface area contributed by atoms with E-state index >= 15 is 0 Å². The van der Waals surface area contributed by atoms with Crippen molar-refractivity contribution >= 4 is 21.8 Å². The van der Waals surface area contributed by atoms with Crippen molar-refractivity contribution in [2.75, 3.05) is 0 Å². The minimum Gasteiger partial charge on any atom is -0.444 e. The lowest BCUT2D eigenvalue weighted by Gasteiger charge is -2.32. The zero-order valence-electron chi connectivity index (χ0n) is 12.6. The average molecular weight is 370 g/mol. The van der Waals surface area contributed by atoms with Gasteiger partial charge in [0.15, 0.2) is 10.4 Å². The van der Waals surface area contributed by atoms with Crippen LogP contribution in [0.3, 0.4) is 0 Å². The normalized spacial score (nSPS) is 11.2. The molecule has 2 aromatic carbocycles. The molecule has 23 heavy (non-hydrogen) atoms. The van der Waals surface area contributed by atoms with Crippen LogP contribution in [-0.2, 0) is 5.54 Å². The smallest absolute Gasteiger partial charge is 0.287 e. The first-order valence-electron chi connectivity index (χ1n) is 7.28. The number of rotatable bonds is 4. The highest BCUT2D eigenvalue weighted by atomic mass is 79.9. The van der Waals surface area contributed by atoms with Crippen molar-refractivity contribution in [2.45, 2.75) is 12.5 Å². The lowest BCUT2D eigenvalue weighted by atomic mass is 9.84. The van der Waals surface area contributed by atoms with Crippen LogP contribution in [0.25, 0.3) is 0 Å². The maximum atomic E-state index is 12.6. The van der Waals surface area contributed by atoms with E-state index in [1.807, 2.05) is 67.6 Å². The molecule has 3 rings (SSSR count). The zero-order chi connectivity index (χ0) is 16.3. The van der Waals surface area contributed by atoms with Gasteiger partial charge >= 0.3 is 0 Å². The summed E-state index contributed by atoms with van der Waals surface area (Å²) >= 11 is 3.22. The van der Waals surface area contributed by atoms with E-state index in [0.717, 1.165) is 11.1 Å². The SMILES string of the molecule is CC(NC(=O)c1ccc(Br)o1)(c1ccccc1)c1ccccc1. The number of hydrogen-bond acceptors (Lipinski definition) is 2. The third-order valence-electron chi connectivity index (χ3n) is 3.86. The van der Waals surface area contributed by atoms with Crippen LogP contribution in [0.4, 0.5) is 0 Å². The molecule has 0 radical (unpaired) electrons. The largest absolute Gasteiger partial charge is 0.444 e. The van der Waals surface area contributed by atoms with Crippen LogP contribution in [0.1, 0.15) is 28.6 Å². The number of carbonyl (C=O) groups excluding carboxylic acids is 1. The van der Waals surface area contributed by atoms with Crippen LogP contribution in [0, 0.1) is 0 Å². The Morgan fingerprint density at radius 2 is 1.43 bits per heavy atom. The number of nitrogens with one attached hydrogen (secondary N) is 1. The highest BCUT2D eigenvalue weighted by Gasteiger charge is 2.31. The molecule has 1 N–H and O–H groups in total. The second-order valence-corrected chi connectivity index (χ2v) is 6.20. The van der Waals surface area contributed by atoms with Gasteiger partial charge < -0.3 is 9.73 Å². The van der Waals surface area contributed by atoms with Crippen molar-refractivity contribution in [3.63, 3.8) is 0 Å². The zero-order valence-corrected chi connectivity index (χ0v) is 14.2. The van der Waals surface area contributed by atoms with Gasteiger partial charge in [-0.3, -0.25) is 4.79 Å². The fourth-order valence-corrected chi connectivity index (χ4v) is 2.89. The van der Waals surface area contributed by atoms with E-state index in [1.165, 1.54) is 0 Å². The number of hydrogen-bond donors (Lipinski definition) is 1. The number of carbonyl (C=O) groups is 1. The van der Waals surface area contributed by atoms with Gasteiger partial charge in [0.05, 0.1) is 5.54 Å². The molecule has 3 nitrogen and oxygen atoms in total. The first-order chi connectivity index (χ1) is 11.1. The van der Waals surface area contributed by atoms with E-state index in [-0.39, 0.29) is 11.7 Å². The van der Waals surface area contributed by atoms with Crippen molar-refractivity contribution in [1.29, 1.82) is 0 Å². The van der Waals surface area contributed by atoms with E-state index in [2.05, 4.69) is 21.2 Å². The Hall–Kier alpha value is -2.33. The van der Waals surface area contributed by atoms with Crippen LogP contribution < -0.4 is 5.32 Å². The van der Waals surface area contributed by atoms with Gasteiger partial charge in [-0.15, -0.1) is 0 Å². The molecule has 1 amide bonds. The Morgan fingerprint density at radius 3 is 1.87 bits per heavy atom. The van der Waals surface area contributed by atoms with Gasteiger partial charge in [0.25, 0.3) is 5.91 Å². The van der Waals surface area contributed by atoms with Gasteiger partial charge in [0, 0.05) is 0 Å². The highest BCUT2D eigenvalue weighted by Crippen LogP contribution is 2.29. The topological polar surface area (TPSA) is 42.2 Å². The molecule has 0 aliphatic heterocycles. The maximum absolute atomic E-state index is 12.6. The summed E-state index contributed by atoms with van der Waals surface area (Å²) in [7, 11) is 0. The number of halogens is 1. The van der Waals surface area contributed by atoms with Crippen molar-refractivity contribution in [3.8, 4) is 0 Å². The molecule has 0 spiro atoms. The predicted molar refractivity (Wildman–Crippen MR) is 93.2 cm³/mol. The molecule has 0 atom stereocenters. The lowest BCUT2D eigenvalue weighted by Crippen LogP contribution is -2.44. The van der Waals surface area contributed by atoms with E-state index in [9.17, 15) is 4.79 Å². The summed E-state index contributed by atoms with van der Waals surface area (Å²) in [5, 5.41) is 3.10. The monoisotopic (exact) mass is 369 g/mol. The van der Waals surface area contributed by atoms with E-state index < -0.39 is 5.54 Å². The number of amides is 1. The molecule has 0 fully saturated rings. The van der Waals surface area contributed by atoms with Crippen molar-refractivity contribution in [2.24, 2.45) is 0 Å². The summed E-state index contributed by atoms with van der Waals surface area (Å²) in [6.45, 7) is 1.99. The highest BCUT2D eigenvalue weighted by molar-refractivity contribution is 9.10.